The van der Waals surface area contributed by atoms with Gasteiger partial charge < -0.3 is 15.8 Å². The number of pyridine rings is 1. The van der Waals surface area contributed by atoms with Crippen molar-refractivity contribution in [1.82, 2.24) is 14.5 Å². The molecule has 0 saturated carbocycles. The first-order valence-electron chi connectivity index (χ1n) is 6.74. The van der Waals surface area contributed by atoms with E-state index in [2.05, 4.69) is 10.3 Å². The fraction of sp³-hybridized carbons (Fsp3) is 0.357. The standard InChI is InChI=1S/C14H19N5O2/c1-10(2)18(8-6-13(15)17-21)14(20)11-9-16-19-7-4-3-5-12(11)19/h3-5,7,9-10,21H,6,8H2,1-2H3,(H2,15,17). The molecule has 7 nitrogen and oxygen atoms in total. The summed E-state index contributed by atoms with van der Waals surface area (Å²) >= 11 is 0. The molecule has 0 saturated heterocycles. The number of hydrogen-bond acceptors (Lipinski definition) is 4. The Kier molecular flexibility index (Phi) is 4.42. The van der Waals surface area contributed by atoms with Crippen LogP contribution in [0.2, 0.25) is 0 Å². The van der Waals surface area contributed by atoms with Crippen LogP contribution in [0.4, 0.5) is 0 Å². The van der Waals surface area contributed by atoms with Crippen LogP contribution in [0, 0.1) is 0 Å². The molecule has 0 spiro atoms. The molecule has 0 aliphatic carbocycles. The van der Waals surface area contributed by atoms with E-state index in [0.29, 0.717) is 18.5 Å². The van der Waals surface area contributed by atoms with E-state index in [9.17, 15) is 4.79 Å². The van der Waals surface area contributed by atoms with Crippen molar-refractivity contribution in [2.45, 2.75) is 26.3 Å². The van der Waals surface area contributed by atoms with Crippen LogP contribution < -0.4 is 5.73 Å². The minimum atomic E-state index is -0.114. The van der Waals surface area contributed by atoms with Gasteiger partial charge in [0, 0.05) is 25.2 Å². The first-order valence-corrected chi connectivity index (χ1v) is 6.74. The third-order valence-electron chi connectivity index (χ3n) is 3.28. The minimum Gasteiger partial charge on any atom is -0.409 e. The lowest BCUT2D eigenvalue weighted by Gasteiger charge is -2.26. The molecule has 2 rings (SSSR count). The maximum absolute atomic E-state index is 12.7. The van der Waals surface area contributed by atoms with Gasteiger partial charge in [-0.1, -0.05) is 11.2 Å². The van der Waals surface area contributed by atoms with Crippen molar-refractivity contribution in [3.05, 3.63) is 36.2 Å². The number of carbonyl (C=O) groups excluding carboxylic acids is 1. The number of hydrogen-bond donors (Lipinski definition) is 2. The van der Waals surface area contributed by atoms with Crippen LogP contribution >= 0.6 is 0 Å². The summed E-state index contributed by atoms with van der Waals surface area (Å²) in [6, 6.07) is 5.57. The van der Waals surface area contributed by atoms with Crippen molar-refractivity contribution in [3.8, 4) is 0 Å². The summed E-state index contributed by atoms with van der Waals surface area (Å²) < 4.78 is 1.66. The van der Waals surface area contributed by atoms with Crippen LogP contribution in [0.3, 0.4) is 0 Å². The zero-order valence-corrected chi connectivity index (χ0v) is 12.1. The van der Waals surface area contributed by atoms with Crippen LogP contribution in [0.25, 0.3) is 5.52 Å². The number of amides is 1. The third-order valence-corrected chi connectivity index (χ3v) is 3.28. The molecule has 3 N–H and O–H groups in total. The molecule has 2 heterocycles. The largest absolute Gasteiger partial charge is 0.409 e. The Bertz CT molecular complexity index is 662. The van der Waals surface area contributed by atoms with Crippen molar-refractivity contribution in [3.63, 3.8) is 0 Å². The summed E-state index contributed by atoms with van der Waals surface area (Å²) in [6.07, 6.45) is 3.68. The molecule has 0 radical (unpaired) electrons. The van der Waals surface area contributed by atoms with Crippen molar-refractivity contribution in [2.75, 3.05) is 6.54 Å². The van der Waals surface area contributed by atoms with Gasteiger partial charge in [-0.25, -0.2) is 4.52 Å². The van der Waals surface area contributed by atoms with E-state index < -0.39 is 0 Å². The van der Waals surface area contributed by atoms with Gasteiger partial charge in [0.1, 0.15) is 5.84 Å². The fourth-order valence-corrected chi connectivity index (χ4v) is 2.13. The first kappa shape index (κ1) is 14.8. The van der Waals surface area contributed by atoms with Gasteiger partial charge in [0.25, 0.3) is 5.91 Å². The highest BCUT2D eigenvalue weighted by atomic mass is 16.4. The van der Waals surface area contributed by atoms with Gasteiger partial charge in [-0.2, -0.15) is 5.10 Å². The first-order chi connectivity index (χ1) is 10.0. The molecule has 21 heavy (non-hydrogen) atoms. The summed E-state index contributed by atoms with van der Waals surface area (Å²) in [6.45, 7) is 4.24. The summed E-state index contributed by atoms with van der Waals surface area (Å²) in [5.74, 6) is -0.00902. The number of amidine groups is 1. The molecule has 0 fully saturated rings. The topological polar surface area (TPSA) is 96.2 Å². The molecule has 7 heteroatoms. The Morgan fingerprint density at radius 1 is 1.52 bits per heavy atom. The molecular formula is C14H19N5O2. The molecule has 2 aromatic rings. The quantitative estimate of drug-likeness (QED) is 0.375. The average Bonchev–Trinajstić information content (AvgIpc) is 2.90. The number of carbonyl (C=O) groups is 1. The summed E-state index contributed by atoms with van der Waals surface area (Å²) in [5, 5.41) is 15.7. The van der Waals surface area contributed by atoms with Crippen molar-refractivity contribution in [1.29, 1.82) is 0 Å². The van der Waals surface area contributed by atoms with Gasteiger partial charge in [0.15, 0.2) is 0 Å². The van der Waals surface area contributed by atoms with E-state index in [4.69, 9.17) is 10.9 Å². The van der Waals surface area contributed by atoms with Crippen molar-refractivity contribution >= 4 is 17.3 Å². The van der Waals surface area contributed by atoms with Gasteiger partial charge in [-0.05, 0) is 26.0 Å². The maximum atomic E-state index is 12.7. The van der Waals surface area contributed by atoms with Crippen LogP contribution in [0.5, 0.6) is 0 Å². The van der Waals surface area contributed by atoms with Gasteiger partial charge in [0.2, 0.25) is 0 Å². The second-order valence-electron chi connectivity index (χ2n) is 5.02. The second-order valence-corrected chi connectivity index (χ2v) is 5.02. The van der Waals surface area contributed by atoms with E-state index in [1.165, 1.54) is 0 Å². The predicted octanol–water partition coefficient (Wildman–Crippen LogP) is 1.32. The Hall–Kier alpha value is -2.57. The highest BCUT2D eigenvalue weighted by Gasteiger charge is 2.22. The zero-order valence-electron chi connectivity index (χ0n) is 12.1. The van der Waals surface area contributed by atoms with Crippen LogP contribution in [0.1, 0.15) is 30.6 Å². The van der Waals surface area contributed by atoms with Gasteiger partial charge in [-0.15, -0.1) is 0 Å². The molecule has 0 atom stereocenters. The molecule has 112 valence electrons. The second kappa shape index (κ2) is 6.25. The van der Waals surface area contributed by atoms with Gasteiger partial charge in [-0.3, -0.25) is 4.79 Å². The Morgan fingerprint density at radius 2 is 2.29 bits per heavy atom. The SMILES string of the molecule is CC(C)N(CC/C(N)=N/O)C(=O)c1cnn2ccccc12. The van der Waals surface area contributed by atoms with E-state index in [1.54, 1.807) is 21.8 Å². The minimum absolute atomic E-state index is 0.00246. The smallest absolute Gasteiger partial charge is 0.257 e. The van der Waals surface area contributed by atoms with E-state index in [1.807, 2.05) is 32.0 Å². The summed E-state index contributed by atoms with van der Waals surface area (Å²) in [4.78, 5) is 14.4. The molecule has 0 bridgehead atoms. The highest BCUT2D eigenvalue weighted by molar-refractivity contribution is 6.00. The summed E-state index contributed by atoms with van der Waals surface area (Å²) in [5.41, 5.74) is 6.78. The predicted molar refractivity (Wildman–Crippen MR) is 79.4 cm³/mol. The Balaban J connectivity index is 2.26. The van der Waals surface area contributed by atoms with Crippen LogP contribution in [-0.2, 0) is 0 Å². The zero-order chi connectivity index (χ0) is 15.4. The van der Waals surface area contributed by atoms with E-state index >= 15 is 0 Å². The van der Waals surface area contributed by atoms with Gasteiger partial charge in [0.05, 0.1) is 17.3 Å². The molecule has 2 aromatic heterocycles. The molecule has 0 unspecified atom stereocenters. The molecular weight excluding hydrogens is 270 g/mol. The van der Waals surface area contributed by atoms with Crippen molar-refractivity contribution in [2.24, 2.45) is 10.9 Å². The normalized spacial score (nSPS) is 12.0. The lowest BCUT2D eigenvalue weighted by molar-refractivity contribution is 0.0713. The number of rotatable bonds is 5. The summed E-state index contributed by atoms with van der Waals surface area (Å²) in [7, 11) is 0. The lowest BCUT2D eigenvalue weighted by atomic mass is 10.2. The average molecular weight is 289 g/mol. The highest BCUT2D eigenvalue weighted by Crippen LogP contribution is 2.15. The number of nitrogens with two attached hydrogens (primary N) is 1. The number of aromatic nitrogens is 2. The maximum Gasteiger partial charge on any atom is 0.257 e. The van der Waals surface area contributed by atoms with Crippen LogP contribution in [-0.4, -0.2) is 44.1 Å². The molecule has 0 aromatic carbocycles. The molecule has 0 aliphatic rings. The Labute approximate surface area is 122 Å². The Morgan fingerprint density at radius 3 is 2.95 bits per heavy atom. The number of oxime groups is 1. The van der Waals surface area contributed by atoms with Crippen LogP contribution in [0.15, 0.2) is 35.7 Å². The number of fused-ring (bicyclic) bond motifs is 1. The molecule has 0 aliphatic heterocycles. The fourth-order valence-electron chi connectivity index (χ4n) is 2.13. The van der Waals surface area contributed by atoms with E-state index in [-0.39, 0.29) is 17.8 Å². The lowest BCUT2D eigenvalue weighted by Crippen LogP contribution is -2.39. The molecule has 1 amide bonds. The third kappa shape index (κ3) is 3.13. The number of nitrogens with zero attached hydrogens (tertiary/aromatic N) is 4. The van der Waals surface area contributed by atoms with E-state index in [0.717, 1.165) is 5.52 Å². The monoisotopic (exact) mass is 289 g/mol. The van der Waals surface area contributed by atoms with Gasteiger partial charge >= 0.3 is 0 Å². The van der Waals surface area contributed by atoms with Crippen molar-refractivity contribution < 1.29 is 10.0 Å².